The molecule has 0 unspecified atom stereocenters. The minimum atomic E-state index is -3.53. The van der Waals surface area contributed by atoms with Gasteiger partial charge in [0.25, 0.3) is 0 Å². The van der Waals surface area contributed by atoms with Crippen molar-refractivity contribution in [3.63, 3.8) is 0 Å². The number of nitrogens with one attached hydrogen (secondary N) is 2. The molecule has 0 radical (unpaired) electrons. The second-order valence-corrected chi connectivity index (χ2v) is 6.21. The van der Waals surface area contributed by atoms with Crippen LogP contribution in [-0.2, 0) is 16.6 Å². The van der Waals surface area contributed by atoms with E-state index < -0.39 is 10.0 Å². The van der Waals surface area contributed by atoms with Crippen molar-refractivity contribution in [2.75, 3.05) is 12.4 Å². The summed E-state index contributed by atoms with van der Waals surface area (Å²) in [4.78, 5) is 4.16. The fourth-order valence-corrected chi connectivity index (χ4v) is 2.62. The maximum atomic E-state index is 12.1. The van der Waals surface area contributed by atoms with Gasteiger partial charge in [0, 0.05) is 19.8 Å². The lowest BCUT2D eigenvalue weighted by Crippen LogP contribution is -2.23. The highest BCUT2D eigenvalue weighted by molar-refractivity contribution is 7.89. The summed E-state index contributed by atoms with van der Waals surface area (Å²) < 4.78 is 26.8. The van der Waals surface area contributed by atoms with Gasteiger partial charge in [0.1, 0.15) is 10.7 Å². The van der Waals surface area contributed by atoms with Crippen LogP contribution in [0.25, 0.3) is 0 Å². The number of sulfonamides is 1. The molecule has 0 bridgehead atoms. The monoisotopic (exact) mass is 291 g/mol. The van der Waals surface area contributed by atoms with Crippen LogP contribution in [0.3, 0.4) is 0 Å². The summed E-state index contributed by atoms with van der Waals surface area (Å²) in [5.41, 5.74) is 2.06. The Kier molecular flexibility index (Phi) is 4.36. The molecule has 0 saturated heterocycles. The summed E-state index contributed by atoms with van der Waals surface area (Å²) >= 11 is 0. The van der Waals surface area contributed by atoms with Crippen molar-refractivity contribution in [2.24, 2.45) is 0 Å². The van der Waals surface area contributed by atoms with Gasteiger partial charge in [-0.25, -0.2) is 18.1 Å². The normalized spacial score (nSPS) is 11.3. The Balaban J connectivity index is 2.08. The zero-order valence-corrected chi connectivity index (χ0v) is 12.2. The van der Waals surface area contributed by atoms with Crippen LogP contribution in [0.5, 0.6) is 0 Å². The maximum absolute atomic E-state index is 12.1. The molecule has 0 aliphatic heterocycles. The van der Waals surface area contributed by atoms with Crippen LogP contribution in [0.4, 0.5) is 5.82 Å². The van der Waals surface area contributed by atoms with Crippen LogP contribution >= 0.6 is 0 Å². The van der Waals surface area contributed by atoms with Crippen LogP contribution in [0.2, 0.25) is 0 Å². The average Bonchev–Trinajstić information content (AvgIpc) is 2.47. The van der Waals surface area contributed by atoms with Gasteiger partial charge >= 0.3 is 0 Å². The number of rotatable bonds is 5. The predicted octanol–water partition coefficient (Wildman–Crippen LogP) is 1.91. The second-order valence-electron chi connectivity index (χ2n) is 4.44. The summed E-state index contributed by atoms with van der Waals surface area (Å²) in [6.07, 6.45) is 1.34. The summed E-state index contributed by atoms with van der Waals surface area (Å²) in [6.45, 7) is 2.25. The van der Waals surface area contributed by atoms with E-state index >= 15 is 0 Å². The van der Waals surface area contributed by atoms with Gasteiger partial charge in [0.15, 0.2) is 0 Å². The Bertz CT molecular complexity index is 665. The summed E-state index contributed by atoms with van der Waals surface area (Å²) in [5, 5.41) is 2.84. The molecule has 0 aliphatic carbocycles. The first kappa shape index (κ1) is 14.5. The number of nitrogens with zero attached hydrogens (tertiary/aromatic N) is 1. The number of pyridine rings is 1. The van der Waals surface area contributed by atoms with E-state index in [0.29, 0.717) is 5.82 Å². The van der Waals surface area contributed by atoms with E-state index in [-0.39, 0.29) is 11.4 Å². The second kappa shape index (κ2) is 6.02. The van der Waals surface area contributed by atoms with E-state index in [2.05, 4.69) is 15.0 Å². The molecule has 0 amide bonds. The molecular formula is C14H17N3O2S. The lowest BCUT2D eigenvalue weighted by atomic mass is 10.2. The van der Waals surface area contributed by atoms with Crippen LogP contribution in [0.1, 0.15) is 11.1 Å². The number of hydrogen-bond donors (Lipinski definition) is 2. The Hall–Kier alpha value is -1.92. The smallest absolute Gasteiger partial charge is 0.242 e. The van der Waals surface area contributed by atoms with Gasteiger partial charge in [-0.2, -0.15) is 0 Å². The third kappa shape index (κ3) is 3.55. The summed E-state index contributed by atoms with van der Waals surface area (Å²) in [6, 6.07) is 10.9. The maximum Gasteiger partial charge on any atom is 0.242 e. The lowest BCUT2D eigenvalue weighted by molar-refractivity contribution is 0.581. The van der Waals surface area contributed by atoms with E-state index in [1.807, 2.05) is 31.2 Å². The zero-order chi connectivity index (χ0) is 14.6. The van der Waals surface area contributed by atoms with Crippen LogP contribution in [0, 0.1) is 6.92 Å². The molecule has 0 fully saturated rings. The molecule has 2 aromatic rings. The van der Waals surface area contributed by atoms with Crippen LogP contribution in [-0.4, -0.2) is 20.4 Å². The molecule has 20 heavy (non-hydrogen) atoms. The first-order chi connectivity index (χ1) is 9.51. The Labute approximate surface area is 119 Å². The molecule has 1 heterocycles. The quantitative estimate of drug-likeness (QED) is 0.883. The molecule has 6 heteroatoms. The van der Waals surface area contributed by atoms with E-state index in [0.717, 1.165) is 11.1 Å². The predicted molar refractivity (Wildman–Crippen MR) is 79.0 cm³/mol. The highest BCUT2D eigenvalue weighted by atomic mass is 32.2. The van der Waals surface area contributed by atoms with E-state index in [1.54, 1.807) is 13.1 Å². The Morgan fingerprint density at radius 1 is 1.10 bits per heavy atom. The number of hydrogen-bond acceptors (Lipinski definition) is 4. The van der Waals surface area contributed by atoms with E-state index in [1.165, 1.54) is 12.3 Å². The minimum absolute atomic E-state index is 0.156. The molecule has 2 N–H and O–H groups in total. The molecule has 1 aromatic carbocycles. The van der Waals surface area contributed by atoms with Crippen molar-refractivity contribution in [1.82, 2.24) is 9.71 Å². The van der Waals surface area contributed by atoms with Gasteiger partial charge < -0.3 is 5.32 Å². The number of aryl methyl sites for hydroxylation is 1. The van der Waals surface area contributed by atoms with Crippen molar-refractivity contribution in [2.45, 2.75) is 18.4 Å². The summed E-state index contributed by atoms with van der Waals surface area (Å²) in [5.74, 6) is 0.627. The number of benzene rings is 1. The SMILES string of the molecule is CNc1ccc(S(=O)(=O)NCc2ccc(C)cc2)cn1. The fourth-order valence-electron chi connectivity index (χ4n) is 1.65. The van der Waals surface area contributed by atoms with E-state index in [9.17, 15) is 8.42 Å². The summed E-state index contributed by atoms with van der Waals surface area (Å²) in [7, 11) is -1.81. The van der Waals surface area contributed by atoms with Crippen molar-refractivity contribution in [3.8, 4) is 0 Å². The Morgan fingerprint density at radius 3 is 2.35 bits per heavy atom. The third-order valence-electron chi connectivity index (χ3n) is 2.89. The van der Waals surface area contributed by atoms with Crippen molar-refractivity contribution in [3.05, 3.63) is 53.7 Å². The third-order valence-corrected chi connectivity index (χ3v) is 4.28. The molecule has 1 aromatic heterocycles. The average molecular weight is 291 g/mol. The molecule has 0 saturated carbocycles. The van der Waals surface area contributed by atoms with Crippen molar-refractivity contribution >= 4 is 15.8 Å². The number of aromatic nitrogens is 1. The number of anilines is 1. The minimum Gasteiger partial charge on any atom is -0.373 e. The lowest BCUT2D eigenvalue weighted by Gasteiger charge is -2.07. The first-order valence-electron chi connectivity index (χ1n) is 6.20. The van der Waals surface area contributed by atoms with Gasteiger partial charge in [-0.1, -0.05) is 29.8 Å². The van der Waals surface area contributed by atoms with Gasteiger partial charge in [0.05, 0.1) is 0 Å². The van der Waals surface area contributed by atoms with Crippen LogP contribution in [0.15, 0.2) is 47.5 Å². The molecule has 106 valence electrons. The molecule has 5 nitrogen and oxygen atoms in total. The Morgan fingerprint density at radius 2 is 1.80 bits per heavy atom. The molecular weight excluding hydrogens is 274 g/mol. The molecule has 2 rings (SSSR count). The highest BCUT2D eigenvalue weighted by Gasteiger charge is 2.13. The van der Waals surface area contributed by atoms with Crippen molar-refractivity contribution in [1.29, 1.82) is 0 Å². The zero-order valence-electron chi connectivity index (χ0n) is 11.4. The first-order valence-corrected chi connectivity index (χ1v) is 7.68. The molecule has 0 atom stereocenters. The molecule has 0 aliphatic rings. The fraction of sp³-hybridized carbons (Fsp3) is 0.214. The van der Waals surface area contributed by atoms with Gasteiger partial charge in [-0.3, -0.25) is 0 Å². The van der Waals surface area contributed by atoms with Crippen molar-refractivity contribution < 1.29 is 8.42 Å². The van der Waals surface area contributed by atoms with Gasteiger partial charge in [-0.05, 0) is 24.6 Å². The standard InChI is InChI=1S/C14H17N3O2S/c1-11-3-5-12(6-4-11)9-17-20(18,19)13-7-8-14(15-2)16-10-13/h3-8,10,17H,9H2,1-2H3,(H,15,16). The highest BCUT2D eigenvalue weighted by Crippen LogP contribution is 2.11. The largest absolute Gasteiger partial charge is 0.373 e. The van der Waals surface area contributed by atoms with Gasteiger partial charge in [-0.15, -0.1) is 0 Å². The van der Waals surface area contributed by atoms with Gasteiger partial charge in [0.2, 0.25) is 10.0 Å². The topological polar surface area (TPSA) is 71.1 Å². The molecule has 0 spiro atoms. The van der Waals surface area contributed by atoms with E-state index in [4.69, 9.17) is 0 Å². The van der Waals surface area contributed by atoms with Crippen LogP contribution < -0.4 is 10.0 Å².